The first-order valence-corrected chi connectivity index (χ1v) is 9.92. The van der Waals surface area contributed by atoms with Crippen LogP contribution in [-0.2, 0) is 4.79 Å². The lowest BCUT2D eigenvalue weighted by molar-refractivity contribution is -0.118. The zero-order valence-electron chi connectivity index (χ0n) is 17.1. The average Bonchev–Trinajstić information content (AvgIpc) is 2.70. The van der Waals surface area contributed by atoms with Crippen LogP contribution in [-0.4, -0.2) is 26.2 Å². The third kappa shape index (κ3) is 7.51. The zero-order valence-corrected chi connectivity index (χ0v) is 17.1. The van der Waals surface area contributed by atoms with Gasteiger partial charge < -0.3 is 19.5 Å². The molecule has 152 valence electrons. The van der Waals surface area contributed by atoms with Crippen molar-refractivity contribution in [3.05, 3.63) is 48.0 Å². The van der Waals surface area contributed by atoms with Crippen molar-refractivity contribution in [3.8, 4) is 17.2 Å². The van der Waals surface area contributed by atoms with Crippen LogP contribution in [0.1, 0.15) is 44.6 Å². The first-order valence-electron chi connectivity index (χ1n) is 9.92. The summed E-state index contributed by atoms with van der Waals surface area (Å²) in [6, 6.07) is 13.0. The first-order chi connectivity index (χ1) is 13.6. The van der Waals surface area contributed by atoms with E-state index in [4.69, 9.17) is 14.2 Å². The molecular formula is C23H31NO4. The van der Waals surface area contributed by atoms with Gasteiger partial charge in [-0.2, -0.15) is 0 Å². The van der Waals surface area contributed by atoms with E-state index in [9.17, 15) is 4.79 Å². The zero-order chi connectivity index (χ0) is 20.2. The number of nitrogens with one attached hydrogen (secondary N) is 1. The van der Waals surface area contributed by atoms with Gasteiger partial charge in [0.1, 0.15) is 5.75 Å². The molecule has 28 heavy (non-hydrogen) atoms. The van der Waals surface area contributed by atoms with Gasteiger partial charge in [0.15, 0.2) is 18.1 Å². The number of anilines is 1. The molecular weight excluding hydrogens is 354 g/mol. The van der Waals surface area contributed by atoms with Crippen LogP contribution in [0.2, 0.25) is 0 Å². The minimum Gasteiger partial charge on any atom is -0.494 e. The van der Waals surface area contributed by atoms with Gasteiger partial charge in [-0.15, -0.1) is 0 Å². The molecule has 0 aromatic heterocycles. The Bertz CT molecular complexity index is 745. The van der Waals surface area contributed by atoms with E-state index in [-0.39, 0.29) is 12.5 Å². The third-order valence-corrected chi connectivity index (χ3v) is 4.31. The molecule has 0 atom stereocenters. The summed E-state index contributed by atoms with van der Waals surface area (Å²) in [5.74, 6) is 1.68. The number of carbonyl (C=O) groups excluding carboxylic acids is 1. The molecule has 0 aliphatic carbocycles. The Kier molecular flexibility index (Phi) is 9.19. The molecule has 2 aromatic carbocycles. The van der Waals surface area contributed by atoms with Gasteiger partial charge in [-0.1, -0.05) is 44.7 Å². The Balaban J connectivity index is 1.79. The number of aryl methyl sites for hydroxylation is 1. The molecule has 0 aliphatic heterocycles. The summed E-state index contributed by atoms with van der Waals surface area (Å²) < 4.78 is 16.7. The topological polar surface area (TPSA) is 56.8 Å². The number of benzene rings is 2. The lowest BCUT2D eigenvalue weighted by Gasteiger charge is -2.12. The van der Waals surface area contributed by atoms with Crippen molar-refractivity contribution in [3.63, 3.8) is 0 Å². The predicted octanol–water partition coefficient (Wildman–Crippen LogP) is 5.37. The second-order valence-corrected chi connectivity index (χ2v) is 6.78. The molecule has 0 fully saturated rings. The SMILES string of the molecule is CCCCCCCOc1cccc(NC(=O)COc2ccc(C)cc2OC)c1. The molecule has 0 heterocycles. The molecule has 0 saturated heterocycles. The highest BCUT2D eigenvalue weighted by molar-refractivity contribution is 5.92. The first kappa shape index (κ1) is 21.6. The van der Waals surface area contributed by atoms with E-state index in [0.717, 1.165) is 17.7 Å². The van der Waals surface area contributed by atoms with Crippen LogP contribution in [0.25, 0.3) is 0 Å². The normalized spacial score (nSPS) is 10.4. The van der Waals surface area contributed by atoms with Crippen LogP contribution in [0.5, 0.6) is 17.2 Å². The lowest BCUT2D eigenvalue weighted by Crippen LogP contribution is -2.20. The van der Waals surface area contributed by atoms with E-state index in [2.05, 4.69) is 12.2 Å². The highest BCUT2D eigenvalue weighted by atomic mass is 16.5. The molecule has 2 aromatic rings. The van der Waals surface area contributed by atoms with Crippen LogP contribution in [0.15, 0.2) is 42.5 Å². The van der Waals surface area contributed by atoms with Crippen molar-refractivity contribution in [1.29, 1.82) is 0 Å². The maximum atomic E-state index is 12.2. The number of hydrogen-bond donors (Lipinski definition) is 1. The van der Waals surface area contributed by atoms with Crippen molar-refractivity contribution in [1.82, 2.24) is 0 Å². The smallest absolute Gasteiger partial charge is 0.262 e. The van der Waals surface area contributed by atoms with Crippen LogP contribution in [0.4, 0.5) is 5.69 Å². The monoisotopic (exact) mass is 385 g/mol. The summed E-state index contributed by atoms with van der Waals surface area (Å²) in [5.41, 5.74) is 1.75. The quantitative estimate of drug-likeness (QED) is 0.499. The standard InChI is InChI=1S/C23H31NO4/c1-4-5-6-7-8-14-27-20-11-9-10-19(16-20)24-23(25)17-28-21-13-12-18(2)15-22(21)26-3/h9-13,15-16H,4-8,14,17H2,1-3H3,(H,24,25). The van der Waals surface area contributed by atoms with Gasteiger partial charge >= 0.3 is 0 Å². The van der Waals surface area contributed by atoms with Crippen LogP contribution < -0.4 is 19.5 Å². The molecule has 5 nitrogen and oxygen atoms in total. The summed E-state index contributed by atoms with van der Waals surface area (Å²) >= 11 is 0. The van der Waals surface area contributed by atoms with Gasteiger partial charge in [-0.3, -0.25) is 4.79 Å². The van der Waals surface area contributed by atoms with E-state index in [0.29, 0.717) is 23.8 Å². The van der Waals surface area contributed by atoms with Crippen LogP contribution in [0, 0.1) is 6.92 Å². The fourth-order valence-corrected chi connectivity index (χ4v) is 2.79. The van der Waals surface area contributed by atoms with Crippen molar-refractivity contribution in [2.24, 2.45) is 0 Å². The minimum atomic E-state index is -0.237. The number of methoxy groups -OCH3 is 1. The second kappa shape index (κ2) is 11.9. The maximum absolute atomic E-state index is 12.2. The Morgan fingerprint density at radius 3 is 2.57 bits per heavy atom. The lowest BCUT2D eigenvalue weighted by atomic mass is 10.2. The largest absolute Gasteiger partial charge is 0.494 e. The molecule has 0 saturated carbocycles. The number of ether oxygens (including phenoxy) is 3. The van der Waals surface area contributed by atoms with E-state index in [1.54, 1.807) is 13.2 Å². The molecule has 0 radical (unpaired) electrons. The van der Waals surface area contributed by atoms with Crippen molar-refractivity contribution < 1.29 is 19.0 Å². The summed E-state index contributed by atoms with van der Waals surface area (Å²) in [6.45, 7) is 4.78. The Morgan fingerprint density at radius 2 is 1.79 bits per heavy atom. The average molecular weight is 386 g/mol. The highest BCUT2D eigenvalue weighted by Gasteiger charge is 2.08. The number of amides is 1. The molecule has 1 N–H and O–H groups in total. The Hall–Kier alpha value is -2.69. The third-order valence-electron chi connectivity index (χ3n) is 4.31. The molecule has 0 unspecified atom stereocenters. The van der Waals surface area contributed by atoms with E-state index < -0.39 is 0 Å². The van der Waals surface area contributed by atoms with E-state index in [1.807, 2.05) is 43.3 Å². The van der Waals surface area contributed by atoms with Gasteiger partial charge in [0.05, 0.1) is 13.7 Å². The number of unbranched alkanes of at least 4 members (excludes halogenated alkanes) is 4. The van der Waals surface area contributed by atoms with E-state index >= 15 is 0 Å². The minimum absolute atomic E-state index is 0.0953. The van der Waals surface area contributed by atoms with Gasteiger partial charge in [0, 0.05) is 11.8 Å². The van der Waals surface area contributed by atoms with Crippen LogP contribution in [0.3, 0.4) is 0 Å². The van der Waals surface area contributed by atoms with Crippen molar-refractivity contribution >= 4 is 11.6 Å². The highest BCUT2D eigenvalue weighted by Crippen LogP contribution is 2.27. The van der Waals surface area contributed by atoms with Gasteiger partial charge in [0.25, 0.3) is 5.91 Å². The number of hydrogen-bond acceptors (Lipinski definition) is 4. The number of rotatable bonds is 12. The summed E-state index contributed by atoms with van der Waals surface area (Å²) in [6.07, 6.45) is 6.00. The van der Waals surface area contributed by atoms with Gasteiger partial charge in [-0.25, -0.2) is 0 Å². The maximum Gasteiger partial charge on any atom is 0.262 e. The van der Waals surface area contributed by atoms with E-state index in [1.165, 1.54) is 25.7 Å². The van der Waals surface area contributed by atoms with Crippen LogP contribution >= 0.6 is 0 Å². The predicted molar refractivity (Wildman–Crippen MR) is 113 cm³/mol. The Morgan fingerprint density at radius 1 is 0.964 bits per heavy atom. The van der Waals surface area contributed by atoms with Gasteiger partial charge in [0.2, 0.25) is 0 Å². The molecule has 1 amide bonds. The second-order valence-electron chi connectivity index (χ2n) is 6.78. The summed E-state index contributed by atoms with van der Waals surface area (Å²) in [5, 5.41) is 2.83. The fraction of sp³-hybridized carbons (Fsp3) is 0.435. The van der Waals surface area contributed by atoms with Crippen molar-refractivity contribution in [2.45, 2.75) is 46.0 Å². The summed E-state index contributed by atoms with van der Waals surface area (Å²) in [4.78, 5) is 12.2. The number of carbonyl (C=O) groups is 1. The summed E-state index contributed by atoms with van der Waals surface area (Å²) in [7, 11) is 1.58. The molecule has 0 bridgehead atoms. The molecule has 5 heteroatoms. The molecule has 2 rings (SSSR count). The molecule has 0 spiro atoms. The molecule has 0 aliphatic rings. The fourth-order valence-electron chi connectivity index (χ4n) is 2.79. The van der Waals surface area contributed by atoms with Crippen molar-refractivity contribution in [2.75, 3.05) is 25.6 Å². The Labute approximate surface area is 168 Å². The van der Waals surface area contributed by atoms with Gasteiger partial charge in [-0.05, 0) is 43.2 Å².